The first-order valence-electron chi connectivity index (χ1n) is 9.06. The van der Waals surface area contributed by atoms with Gasteiger partial charge in [0.15, 0.2) is 0 Å². The van der Waals surface area contributed by atoms with Gasteiger partial charge in [0.2, 0.25) is 0 Å². The van der Waals surface area contributed by atoms with Crippen molar-refractivity contribution in [3.8, 4) is 17.2 Å². The molecule has 0 aromatic heterocycles. The van der Waals surface area contributed by atoms with Crippen LogP contribution in [0.25, 0.3) is 0 Å². The first-order valence-corrected chi connectivity index (χ1v) is 9.43. The summed E-state index contributed by atoms with van der Waals surface area (Å²) in [6, 6.07) is 15.4. The summed E-state index contributed by atoms with van der Waals surface area (Å²) in [7, 11) is 0. The number of benzene rings is 3. The Labute approximate surface area is 181 Å². The molecule has 0 fully saturated rings. The van der Waals surface area contributed by atoms with Gasteiger partial charge in [0, 0.05) is 5.02 Å². The average molecular weight is 452 g/mol. The van der Waals surface area contributed by atoms with Crippen LogP contribution in [0.2, 0.25) is 5.02 Å². The van der Waals surface area contributed by atoms with Crippen molar-refractivity contribution >= 4 is 23.2 Å². The molecule has 0 aliphatic heterocycles. The summed E-state index contributed by atoms with van der Waals surface area (Å²) >= 11 is 5.84. The maximum atomic E-state index is 13.1. The molecule has 0 saturated carbocycles. The van der Waals surface area contributed by atoms with Crippen LogP contribution in [-0.4, -0.2) is 24.2 Å². The predicted molar refractivity (Wildman–Crippen MR) is 110 cm³/mol. The molecule has 1 amide bonds. The maximum absolute atomic E-state index is 13.1. The van der Waals surface area contributed by atoms with Crippen molar-refractivity contribution in [2.24, 2.45) is 0 Å². The summed E-state index contributed by atoms with van der Waals surface area (Å²) < 4.78 is 50.4. The largest absolute Gasteiger partial charge is 0.507 e. The molecule has 0 saturated heterocycles. The van der Waals surface area contributed by atoms with Gasteiger partial charge >= 0.3 is 6.18 Å². The normalized spacial score (nSPS) is 11.1. The van der Waals surface area contributed by atoms with Crippen molar-refractivity contribution in [3.63, 3.8) is 0 Å². The number of hydrogen-bond acceptors (Lipinski definition) is 4. The van der Waals surface area contributed by atoms with Gasteiger partial charge in [0.1, 0.15) is 30.5 Å². The third-order valence-electron chi connectivity index (χ3n) is 4.11. The van der Waals surface area contributed by atoms with Crippen molar-refractivity contribution in [2.45, 2.75) is 6.18 Å². The third kappa shape index (κ3) is 6.05. The lowest BCUT2D eigenvalue weighted by molar-refractivity contribution is -0.137. The van der Waals surface area contributed by atoms with Gasteiger partial charge in [-0.25, -0.2) is 0 Å². The van der Waals surface area contributed by atoms with Crippen molar-refractivity contribution in [1.29, 1.82) is 0 Å². The first kappa shape index (κ1) is 22.3. The molecule has 0 spiro atoms. The van der Waals surface area contributed by atoms with E-state index in [0.29, 0.717) is 5.75 Å². The molecule has 2 N–H and O–H groups in total. The van der Waals surface area contributed by atoms with Gasteiger partial charge < -0.3 is 19.9 Å². The minimum atomic E-state index is -4.62. The van der Waals surface area contributed by atoms with E-state index >= 15 is 0 Å². The minimum Gasteiger partial charge on any atom is -0.507 e. The number of halogens is 4. The summed E-state index contributed by atoms with van der Waals surface area (Å²) in [5.74, 6) is -0.583. The fraction of sp³-hybridized carbons (Fsp3) is 0.136. The molecule has 3 aromatic rings. The standard InChI is InChI=1S/C22H17ClF3NO4/c23-15-7-8-19(28)17(13-15)21(29)27-18-12-14(22(24,25)26)6-9-20(18)31-11-10-30-16-4-2-1-3-5-16/h1-9,12-13,28H,10-11H2,(H,27,29). The summed E-state index contributed by atoms with van der Waals surface area (Å²) in [5, 5.41) is 12.4. The van der Waals surface area contributed by atoms with Gasteiger partial charge in [0.05, 0.1) is 16.8 Å². The van der Waals surface area contributed by atoms with Crippen LogP contribution in [-0.2, 0) is 6.18 Å². The highest BCUT2D eigenvalue weighted by Crippen LogP contribution is 2.35. The molecular formula is C22H17ClF3NO4. The van der Waals surface area contributed by atoms with E-state index in [1.165, 1.54) is 18.2 Å². The number of alkyl halides is 3. The van der Waals surface area contributed by atoms with Crippen LogP contribution in [0, 0.1) is 0 Å². The molecule has 0 atom stereocenters. The molecule has 0 radical (unpaired) electrons. The number of amides is 1. The minimum absolute atomic E-state index is 0.0135. The molecule has 0 unspecified atom stereocenters. The SMILES string of the molecule is O=C(Nc1cc(C(F)(F)F)ccc1OCCOc1ccccc1)c1cc(Cl)ccc1O. The topological polar surface area (TPSA) is 67.8 Å². The van der Waals surface area contributed by atoms with E-state index < -0.39 is 17.6 Å². The zero-order valence-corrected chi connectivity index (χ0v) is 16.7. The van der Waals surface area contributed by atoms with Crippen molar-refractivity contribution in [2.75, 3.05) is 18.5 Å². The highest BCUT2D eigenvalue weighted by atomic mass is 35.5. The lowest BCUT2D eigenvalue weighted by Gasteiger charge is -2.16. The van der Waals surface area contributed by atoms with E-state index in [-0.39, 0.29) is 41.0 Å². The Hall–Kier alpha value is -3.39. The number of anilines is 1. The number of phenols is 1. The number of para-hydroxylation sites is 1. The highest BCUT2D eigenvalue weighted by molar-refractivity contribution is 6.31. The van der Waals surface area contributed by atoms with E-state index in [0.717, 1.165) is 18.2 Å². The fourth-order valence-electron chi connectivity index (χ4n) is 2.64. The van der Waals surface area contributed by atoms with Gasteiger partial charge in [-0.3, -0.25) is 4.79 Å². The Morgan fingerprint density at radius 1 is 0.968 bits per heavy atom. The van der Waals surface area contributed by atoms with Gasteiger partial charge in [-0.2, -0.15) is 13.2 Å². The number of nitrogens with one attached hydrogen (secondary N) is 1. The van der Waals surface area contributed by atoms with Gasteiger partial charge in [-0.15, -0.1) is 0 Å². The third-order valence-corrected chi connectivity index (χ3v) is 4.35. The Morgan fingerprint density at radius 2 is 1.68 bits per heavy atom. The molecule has 0 heterocycles. The lowest BCUT2D eigenvalue weighted by atomic mass is 10.1. The Balaban J connectivity index is 1.77. The van der Waals surface area contributed by atoms with E-state index in [1.54, 1.807) is 24.3 Å². The van der Waals surface area contributed by atoms with Crippen LogP contribution in [0.1, 0.15) is 15.9 Å². The molecule has 3 aromatic carbocycles. The number of ether oxygens (including phenoxy) is 2. The number of carbonyl (C=O) groups excluding carboxylic acids is 1. The lowest BCUT2D eigenvalue weighted by Crippen LogP contribution is -2.16. The number of hydrogen-bond donors (Lipinski definition) is 2. The Morgan fingerprint density at radius 3 is 2.39 bits per heavy atom. The smallest absolute Gasteiger partial charge is 0.416 e. The molecule has 9 heteroatoms. The van der Waals surface area contributed by atoms with Crippen molar-refractivity contribution < 1.29 is 32.5 Å². The Kier molecular flexibility index (Phi) is 6.91. The van der Waals surface area contributed by atoms with Crippen molar-refractivity contribution in [1.82, 2.24) is 0 Å². The maximum Gasteiger partial charge on any atom is 0.416 e. The van der Waals surface area contributed by atoms with Gasteiger partial charge in [0.25, 0.3) is 5.91 Å². The van der Waals surface area contributed by atoms with Crippen LogP contribution in [0.15, 0.2) is 66.7 Å². The van der Waals surface area contributed by atoms with E-state index in [9.17, 15) is 23.1 Å². The Bertz CT molecular complexity index is 1060. The second-order valence-corrected chi connectivity index (χ2v) is 6.77. The predicted octanol–water partition coefficient (Wildman–Crippen LogP) is 5.77. The second-order valence-electron chi connectivity index (χ2n) is 6.33. The second kappa shape index (κ2) is 9.61. The molecule has 0 bridgehead atoms. The molecule has 3 rings (SSSR count). The van der Waals surface area contributed by atoms with Crippen LogP contribution in [0.5, 0.6) is 17.2 Å². The fourth-order valence-corrected chi connectivity index (χ4v) is 2.81. The highest BCUT2D eigenvalue weighted by Gasteiger charge is 2.31. The van der Waals surface area contributed by atoms with Crippen LogP contribution in [0.4, 0.5) is 18.9 Å². The van der Waals surface area contributed by atoms with Crippen LogP contribution >= 0.6 is 11.6 Å². The molecule has 5 nitrogen and oxygen atoms in total. The van der Waals surface area contributed by atoms with E-state index in [1.807, 2.05) is 6.07 Å². The summed E-state index contributed by atoms with van der Waals surface area (Å²) in [4.78, 5) is 12.5. The van der Waals surface area contributed by atoms with Gasteiger partial charge in [-0.1, -0.05) is 29.8 Å². The van der Waals surface area contributed by atoms with Crippen LogP contribution < -0.4 is 14.8 Å². The zero-order valence-electron chi connectivity index (χ0n) is 15.9. The number of phenolic OH excluding ortho intramolecular Hbond substituents is 1. The average Bonchev–Trinajstić information content (AvgIpc) is 2.73. The van der Waals surface area contributed by atoms with Gasteiger partial charge in [-0.05, 0) is 48.5 Å². The molecule has 162 valence electrons. The molecular weight excluding hydrogens is 435 g/mol. The summed E-state index contributed by atoms with van der Waals surface area (Å²) in [6.45, 7) is 0.152. The monoisotopic (exact) mass is 451 g/mol. The number of rotatable bonds is 7. The number of carbonyl (C=O) groups is 1. The van der Waals surface area contributed by atoms with Crippen molar-refractivity contribution in [3.05, 3.63) is 82.9 Å². The number of aromatic hydroxyl groups is 1. The molecule has 0 aliphatic carbocycles. The van der Waals surface area contributed by atoms with E-state index in [2.05, 4.69) is 5.32 Å². The molecule has 0 aliphatic rings. The molecule has 31 heavy (non-hydrogen) atoms. The quantitative estimate of drug-likeness (QED) is 0.447. The van der Waals surface area contributed by atoms with Crippen LogP contribution in [0.3, 0.4) is 0 Å². The summed E-state index contributed by atoms with van der Waals surface area (Å²) in [5.41, 5.74) is -1.37. The zero-order chi connectivity index (χ0) is 22.4. The summed E-state index contributed by atoms with van der Waals surface area (Å²) in [6.07, 6.45) is -4.62. The first-order chi connectivity index (χ1) is 14.7. The van der Waals surface area contributed by atoms with E-state index in [4.69, 9.17) is 21.1 Å².